The SMILES string of the molecule is [2H]C([2H])(Sc1nc(=O)c2c(n1C([2H])([2H])C(=O)N(CCN(CC)CC)Cc1ccc(-c3ccc(C(F)(F)F)cc3)cc1)C([2H])([2H])C([2H])(C)C2([2H])[2H])c1ccc(F)cc1.[2H]c1c([2H])c(-c2c([2H])c([2H])c(C(F)(F)F)c(C)c2[2H])c([2H])c([2H])c1CN(CCN(CC)CC)C(=O)C([2H])([2H])n1c(SC([2H])([2H])c2ccc(F)cc2)nc(=O)c2c1CCC2. The van der Waals surface area contributed by atoms with E-state index >= 15 is 0 Å². The Morgan fingerprint density at radius 1 is 0.573 bits per heavy atom. The second-order valence-corrected chi connectivity index (χ2v) is 23.5. The molecule has 0 fully saturated rings. The Kier molecular flexibility index (Phi) is 17.0. The zero-order valence-electron chi connectivity index (χ0n) is 73.0. The van der Waals surface area contributed by atoms with Crippen LogP contribution >= 0.6 is 23.5 Å². The number of rotatable bonds is 26. The number of nitrogens with zero attached hydrogens (tertiary/aromatic N) is 8. The Labute approximate surface area is 591 Å². The van der Waals surface area contributed by atoms with Crippen molar-refractivity contribution < 1.29 is 72.1 Å². The summed E-state index contributed by atoms with van der Waals surface area (Å²) in [5, 5.41) is -1.31. The molecule has 2 aromatic heterocycles. The lowest BCUT2D eigenvalue weighted by Gasteiger charge is -2.28. The number of halogens is 8. The van der Waals surface area contributed by atoms with Gasteiger partial charge in [-0.05, 0) is 164 Å². The molecule has 0 saturated carbocycles. The summed E-state index contributed by atoms with van der Waals surface area (Å²) in [6.45, 7) is 4.02. The van der Waals surface area contributed by atoms with Crippen molar-refractivity contribution in [2.24, 2.45) is 5.89 Å². The van der Waals surface area contributed by atoms with Gasteiger partial charge >= 0.3 is 12.4 Å². The van der Waals surface area contributed by atoms with E-state index < -0.39 is 194 Å². The number of alkyl halides is 6. The molecule has 2 heterocycles. The summed E-state index contributed by atoms with van der Waals surface area (Å²) in [7, 11) is 0. The minimum Gasteiger partial charge on any atom is -0.336 e. The van der Waals surface area contributed by atoms with Crippen LogP contribution in [0, 0.1) is 24.5 Å². The van der Waals surface area contributed by atoms with E-state index in [9.17, 15) is 59.8 Å². The molecule has 1 atom stereocenters. The van der Waals surface area contributed by atoms with Gasteiger partial charge in [0, 0.05) is 85.5 Å². The molecule has 508 valence electrons. The van der Waals surface area contributed by atoms with Crippen molar-refractivity contribution in [2.45, 2.75) is 134 Å². The normalized spacial score (nSPS) is 19.0. The quantitative estimate of drug-likeness (QED) is 0.0295. The van der Waals surface area contributed by atoms with Crippen LogP contribution in [0.25, 0.3) is 22.3 Å². The summed E-state index contributed by atoms with van der Waals surface area (Å²) < 4.78 is 287. The lowest BCUT2D eigenvalue weighted by molar-refractivity contribution is -0.138. The van der Waals surface area contributed by atoms with E-state index in [0.717, 1.165) is 76.7 Å². The number of hydrogen-bond acceptors (Lipinski definition) is 10. The van der Waals surface area contributed by atoms with Crippen LogP contribution in [-0.2, 0) is 85.0 Å². The summed E-state index contributed by atoms with van der Waals surface area (Å²) in [6, 6.07) is 12.9. The van der Waals surface area contributed by atoms with Crippen LogP contribution in [0.3, 0.4) is 0 Å². The van der Waals surface area contributed by atoms with E-state index in [1.165, 1.54) is 24.3 Å². The highest BCUT2D eigenvalue weighted by Crippen LogP contribution is 2.36. The van der Waals surface area contributed by atoms with Crippen LogP contribution in [0.2, 0.25) is 0 Å². The molecule has 0 saturated heterocycles. The van der Waals surface area contributed by atoms with Crippen LogP contribution in [0.1, 0.15) is 130 Å². The number of hydrogen-bond donors (Lipinski definition) is 0. The van der Waals surface area contributed by atoms with Crippen LogP contribution in [0.5, 0.6) is 0 Å². The highest BCUT2D eigenvalue weighted by Gasteiger charge is 2.34. The molecule has 10 rings (SSSR count). The third-order valence-corrected chi connectivity index (χ3v) is 17.2. The summed E-state index contributed by atoms with van der Waals surface area (Å²) >= 11 is 0.470. The predicted molar refractivity (Wildman–Crippen MR) is 362 cm³/mol. The van der Waals surface area contributed by atoms with Crippen LogP contribution in [0.4, 0.5) is 35.1 Å². The van der Waals surface area contributed by atoms with Gasteiger partial charge in [-0.2, -0.15) is 36.3 Å². The lowest BCUT2D eigenvalue weighted by Crippen LogP contribution is -2.40. The van der Waals surface area contributed by atoms with E-state index in [0.29, 0.717) is 65.6 Å². The molecule has 2 aliphatic rings. The van der Waals surface area contributed by atoms with Gasteiger partial charge in [-0.1, -0.05) is 155 Å². The van der Waals surface area contributed by atoms with Crippen molar-refractivity contribution in [2.75, 3.05) is 52.4 Å². The first-order chi connectivity index (χ1) is 53.7. The zero-order chi connectivity index (χ0) is 86.6. The number of carbonyl (C=O) groups is 2. The lowest BCUT2D eigenvalue weighted by atomic mass is 9.98. The highest BCUT2D eigenvalue weighted by atomic mass is 32.2. The van der Waals surface area contributed by atoms with Gasteiger partial charge in [-0.15, -0.1) is 0 Å². The topological polar surface area (TPSA) is 117 Å². The molecule has 12 nitrogen and oxygen atoms in total. The van der Waals surface area contributed by atoms with Crippen molar-refractivity contribution in [1.82, 2.24) is 38.7 Å². The third kappa shape index (κ3) is 19.0. The first-order valence-electron chi connectivity index (χ1n) is 40.5. The number of likely N-dealkylation sites (N-methyl/N-ethyl adjacent to an activating group) is 2. The number of fused-ring (bicyclic) bond motifs is 2. The minimum atomic E-state index is -5.10. The molecule has 0 bridgehead atoms. The summed E-state index contributed by atoms with van der Waals surface area (Å²) in [5.41, 5.74) is -12.5. The fourth-order valence-electron chi connectivity index (χ4n) is 10.2. The van der Waals surface area contributed by atoms with E-state index in [2.05, 4.69) is 9.97 Å². The molecule has 6 aromatic carbocycles. The van der Waals surface area contributed by atoms with Gasteiger partial charge in [-0.25, -0.2) is 8.78 Å². The van der Waals surface area contributed by atoms with Crippen LogP contribution in [0.15, 0.2) is 159 Å². The maximum absolute atomic E-state index is 14.7. The number of amides is 2. The van der Waals surface area contributed by atoms with Gasteiger partial charge in [0.2, 0.25) is 11.8 Å². The molecule has 0 spiro atoms. The van der Waals surface area contributed by atoms with Gasteiger partial charge in [0.25, 0.3) is 11.1 Å². The van der Waals surface area contributed by atoms with Crippen molar-refractivity contribution in [3.63, 3.8) is 0 Å². The Bertz CT molecular complexity index is 5100. The second kappa shape index (κ2) is 32.9. The second-order valence-electron chi connectivity index (χ2n) is 22.0. The Balaban J connectivity index is 0.000000265. The molecule has 2 amide bonds. The predicted octanol–water partition coefficient (Wildman–Crippen LogP) is 15.0. The smallest absolute Gasteiger partial charge is 0.336 e. The van der Waals surface area contributed by atoms with Gasteiger partial charge in [-0.3, -0.25) is 19.2 Å². The third-order valence-electron chi connectivity index (χ3n) is 15.6. The van der Waals surface area contributed by atoms with E-state index in [1.54, 1.807) is 24.3 Å². The van der Waals surface area contributed by atoms with Gasteiger partial charge in [0.1, 0.15) is 24.6 Å². The van der Waals surface area contributed by atoms with Crippen LogP contribution in [-0.4, -0.2) is 103 Å². The van der Waals surface area contributed by atoms with E-state index in [1.807, 2.05) is 37.5 Å². The molecule has 1 unspecified atom stereocenters. The summed E-state index contributed by atoms with van der Waals surface area (Å²) in [4.78, 5) is 70.0. The minimum absolute atomic E-state index is 0.0368. The molecule has 0 N–H and O–H groups in total. The Morgan fingerprint density at radius 3 is 1.52 bits per heavy atom. The molecule has 8 aromatic rings. The number of aromatic nitrogens is 4. The van der Waals surface area contributed by atoms with Crippen molar-refractivity contribution >= 4 is 35.3 Å². The molecule has 96 heavy (non-hydrogen) atoms. The van der Waals surface area contributed by atoms with Crippen molar-refractivity contribution in [3.8, 4) is 22.3 Å². The van der Waals surface area contributed by atoms with E-state index in [4.69, 9.17) is 21.9 Å². The fourth-order valence-corrected chi connectivity index (χ4v) is 11.6. The Hall–Kier alpha value is -7.92. The molecule has 2 aliphatic carbocycles. The van der Waals surface area contributed by atoms with Crippen LogP contribution < -0.4 is 11.1 Å². The largest absolute Gasteiger partial charge is 0.416 e. The van der Waals surface area contributed by atoms with Gasteiger partial charge < -0.3 is 28.7 Å². The molecular weight excluding hydrogens is 1280 g/mol. The number of benzene rings is 6. The highest BCUT2D eigenvalue weighted by molar-refractivity contribution is 7.98. The first-order valence-corrected chi connectivity index (χ1v) is 32.2. The zero-order valence-corrected chi connectivity index (χ0v) is 54.6. The van der Waals surface area contributed by atoms with Gasteiger partial charge in [0.05, 0.1) is 26.2 Å². The molecule has 0 aliphatic heterocycles. The van der Waals surface area contributed by atoms with E-state index in [-0.39, 0.29) is 79.7 Å². The van der Waals surface area contributed by atoms with Crippen molar-refractivity contribution in [1.29, 1.82) is 0 Å². The van der Waals surface area contributed by atoms with Crippen molar-refractivity contribution in [3.05, 3.63) is 233 Å². The molecular formula is C74H80F8N8O4S2. The first kappa shape index (κ1) is 49.6. The maximum atomic E-state index is 14.7. The van der Waals surface area contributed by atoms with Gasteiger partial charge in [0.15, 0.2) is 10.3 Å². The standard InChI is InChI=1S/2C37H40F4N4O2S/c1-4-43(5-2)18-19-44(22-26-6-10-28(11-7-26)29-12-14-30(15-13-29)37(39,40)41)34(46)23-45-33-21-25(3)20-32(33)35(47)42-36(45)48-24-27-8-16-31(38)17-9-27;1-4-43(5-2)19-20-44(22-26-9-13-28(14-10-26)29-15-18-32(25(3)21-29)37(39,40)41)34(46)23-45-33-8-6-7-31(33)35(47)42-36(45)48-24-27-11-16-30(38)17-12-27/h6-17,25H,4-5,18-24H2,1-3H3;9-18,21H,4-8,19-20,22-24H2,1-3H3/i20D2,21D2,23D2,24D2,25D;9D,10D,13D,14D,15D,18D,21D,23D2,24D2. The Morgan fingerprint density at radius 2 is 1.03 bits per heavy atom. The number of carbonyl (C=O) groups excluding carboxylic acids is 2. The average molecular weight is 1380 g/mol. The average Bonchev–Trinajstić information content (AvgIpc) is 1.51. The monoisotopic (exact) mass is 1380 g/mol. The summed E-state index contributed by atoms with van der Waals surface area (Å²) in [5.74, 6) is -6.62. The fraction of sp³-hybridized carbons (Fsp3) is 0.378. The molecule has 22 heteroatoms. The maximum Gasteiger partial charge on any atom is 0.416 e. The summed E-state index contributed by atoms with van der Waals surface area (Å²) in [6.07, 6.45) is -15.1. The molecule has 0 radical (unpaired) electrons. The number of thioether (sulfide) groups is 2.